The molecule has 1 amide bonds. The van der Waals surface area contributed by atoms with Crippen molar-refractivity contribution in [2.24, 2.45) is 0 Å². The predicted octanol–water partition coefficient (Wildman–Crippen LogP) is 3.56. The molecule has 0 bridgehead atoms. The van der Waals surface area contributed by atoms with Crippen molar-refractivity contribution in [1.29, 1.82) is 0 Å². The molecular weight excluding hydrogens is 483 g/mol. The first-order chi connectivity index (χ1) is 13.7. The van der Waals surface area contributed by atoms with E-state index in [1.54, 1.807) is 30.5 Å². The summed E-state index contributed by atoms with van der Waals surface area (Å²) >= 11 is 4.24. The van der Waals surface area contributed by atoms with Crippen molar-refractivity contribution in [2.75, 3.05) is 17.3 Å². The number of carbonyl (C=O) groups is 1. The van der Waals surface area contributed by atoms with E-state index >= 15 is 0 Å². The molecule has 152 valence electrons. The molecule has 0 saturated carbocycles. The molecule has 3 aromatic rings. The number of nitrogens with two attached hydrogens (primary N) is 1. The number of anilines is 2. The van der Waals surface area contributed by atoms with Gasteiger partial charge in [0.25, 0.3) is 0 Å². The van der Waals surface area contributed by atoms with Crippen LogP contribution in [0.4, 0.5) is 15.9 Å². The Bertz CT molecular complexity index is 1170. The summed E-state index contributed by atoms with van der Waals surface area (Å²) in [6.07, 6.45) is 1.66. The summed E-state index contributed by atoms with van der Waals surface area (Å²) < 4.78 is 41.5. The summed E-state index contributed by atoms with van der Waals surface area (Å²) in [6, 6.07) is 12.0. The number of nitrogens with one attached hydrogen (secondary N) is 1. The van der Waals surface area contributed by atoms with Gasteiger partial charge < -0.3 is 11.1 Å². The second-order valence-corrected chi connectivity index (χ2v) is 9.47. The lowest BCUT2D eigenvalue weighted by atomic mass is 10.3. The normalized spacial score (nSPS) is 11.4. The van der Waals surface area contributed by atoms with Crippen molar-refractivity contribution >= 4 is 54.9 Å². The highest BCUT2D eigenvalue weighted by Crippen LogP contribution is 2.33. The van der Waals surface area contributed by atoms with Crippen LogP contribution in [0.5, 0.6) is 0 Å². The molecule has 0 unspecified atom stereocenters. The number of nitrogen functional groups attached to an aromatic ring is 1. The maximum absolute atomic E-state index is 13.9. The van der Waals surface area contributed by atoms with Crippen molar-refractivity contribution in [2.45, 2.75) is 21.4 Å². The molecule has 1 heterocycles. The highest BCUT2D eigenvalue weighted by Gasteiger charge is 2.29. The minimum Gasteiger partial charge on any atom is -0.383 e. The second kappa shape index (κ2) is 8.56. The number of hydrogen-bond donors (Lipinski definition) is 2. The number of thioether (sulfide) groups is 1. The average Bonchev–Trinajstić information content (AvgIpc) is 3.01. The van der Waals surface area contributed by atoms with Gasteiger partial charge in [0, 0.05) is 4.47 Å². The monoisotopic (exact) mass is 498 g/mol. The van der Waals surface area contributed by atoms with E-state index in [4.69, 9.17) is 5.73 Å². The van der Waals surface area contributed by atoms with Crippen molar-refractivity contribution in [1.82, 2.24) is 9.78 Å². The zero-order valence-corrected chi connectivity index (χ0v) is 18.3. The molecule has 0 aliphatic heterocycles. The molecule has 3 rings (SSSR count). The van der Waals surface area contributed by atoms with E-state index in [9.17, 15) is 17.6 Å². The third-order valence-electron chi connectivity index (χ3n) is 3.93. The van der Waals surface area contributed by atoms with Crippen LogP contribution in [-0.2, 0) is 21.2 Å². The maximum Gasteiger partial charge on any atom is 0.246 e. The Morgan fingerprint density at radius 1 is 1.28 bits per heavy atom. The Balaban J connectivity index is 1.91. The van der Waals surface area contributed by atoms with Crippen molar-refractivity contribution in [3.8, 4) is 0 Å². The number of hydrogen-bond acceptors (Lipinski definition) is 6. The van der Waals surface area contributed by atoms with Gasteiger partial charge in [-0.2, -0.15) is 5.10 Å². The van der Waals surface area contributed by atoms with Crippen LogP contribution in [0, 0.1) is 5.82 Å². The van der Waals surface area contributed by atoms with Gasteiger partial charge >= 0.3 is 0 Å². The molecule has 0 atom stereocenters. The highest BCUT2D eigenvalue weighted by atomic mass is 79.9. The molecule has 3 N–H and O–H groups in total. The lowest BCUT2D eigenvalue weighted by Crippen LogP contribution is -2.21. The third kappa shape index (κ3) is 4.46. The van der Waals surface area contributed by atoms with Gasteiger partial charge in [-0.1, -0.05) is 34.1 Å². The van der Waals surface area contributed by atoms with E-state index in [-0.39, 0.29) is 32.9 Å². The van der Waals surface area contributed by atoms with E-state index in [2.05, 4.69) is 26.3 Å². The molecule has 7 nitrogen and oxygen atoms in total. The van der Waals surface area contributed by atoms with Crippen LogP contribution >= 0.6 is 27.7 Å². The summed E-state index contributed by atoms with van der Waals surface area (Å²) in [5.74, 6) is -1.38. The predicted molar refractivity (Wildman–Crippen MR) is 113 cm³/mol. The van der Waals surface area contributed by atoms with E-state index in [0.717, 1.165) is 16.4 Å². The quantitative estimate of drug-likeness (QED) is 0.503. The molecule has 0 fully saturated rings. The van der Waals surface area contributed by atoms with Crippen molar-refractivity contribution < 1.29 is 17.6 Å². The number of rotatable bonds is 6. The van der Waals surface area contributed by atoms with Gasteiger partial charge in [0.15, 0.2) is 0 Å². The number of amides is 1. The van der Waals surface area contributed by atoms with Gasteiger partial charge in [-0.05, 0) is 36.6 Å². The number of halogens is 2. The van der Waals surface area contributed by atoms with Crippen LogP contribution in [0.15, 0.2) is 67.8 Å². The van der Waals surface area contributed by atoms with Crippen LogP contribution in [0.3, 0.4) is 0 Å². The topological polar surface area (TPSA) is 107 Å². The summed E-state index contributed by atoms with van der Waals surface area (Å²) in [6.45, 7) is -0.376. The fourth-order valence-corrected chi connectivity index (χ4v) is 5.36. The smallest absolute Gasteiger partial charge is 0.246 e. The summed E-state index contributed by atoms with van der Waals surface area (Å²) in [5.41, 5.74) is 6.03. The molecule has 0 radical (unpaired) electrons. The summed E-state index contributed by atoms with van der Waals surface area (Å²) in [4.78, 5) is 12.3. The first-order valence-corrected chi connectivity index (χ1v) is 11.7. The SMILES string of the molecule is CSc1nn(CC(=O)Nc2ccc(Br)cc2F)c(N)c1S(=O)(=O)c1ccccc1. The minimum atomic E-state index is -3.92. The van der Waals surface area contributed by atoms with Gasteiger partial charge in [0.05, 0.1) is 10.6 Å². The van der Waals surface area contributed by atoms with Crippen LogP contribution in [0.2, 0.25) is 0 Å². The Morgan fingerprint density at radius 3 is 2.59 bits per heavy atom. The van der Waals surface area contributed by atoms with Crippen molar-refractivity contribution in [3.05, 3.63) is 58.8 Å². The minimum absolute atomic E-state index is 0.00820. The van der Waals surface area contributed by atoms with E-state index in [0.29, 0.717) is 4.47 Å². The Labute approximate surface area is 179 Å². The van der Waals surface area contributed by atoms with Gasteiger partial charge in [-0.3, -0.25) is 4.79 Å². The zero-order chi connectivity index (χ0) is 21.2. The number of nitrogens with zero attached hydrogens (tertiary/aromatic N) is 2. The largest absolute Gasteiger partial charge is 0.383 e. The second-order valence-electron chi connectivity index (χ2n) is 5.87. The number of benzene rings is 2. The Kier molecular flexibility index (Phi) is 6.30. The molecule has 29 heavy (non-hydrogen) atoms. The lowest BCUT2D eigenvalue weighted by Gasteiger charge is -2.08. The first kappa shape index (κ1) is 21.3. The molecule has 0 saturated heterocycles. The van der Waals surface area contributed by atoms with Crippen LogP contribution in [-0.4, -0.2) is 30.4 Å². The van der Waals surface area contributed by atoms with E-state index < -0.39 is 21.6 Å². The van der Waals surface area contributed by atoms with E-state index in [1.165, 1.54) is 24.3 Å². The molecule has 1 aromatic heterocycles. The van der Waals surface area contributed by atoms with Crippen molar-refractivity contribution in [3.63, 3.8) is 0 Å². The Morgan fingerprint density at radius 2 is 1.97 bits per heavy atom. The molecule has 11 heteroatoms. The maximum atomic E-state index is 13.9. The average molecular weight is 499 g/mol. The third-order valence-corrected chi connectivity index (χ3v) is 7.06. The summed E-state index contributed by atoms with van der Waals surface area (Å²) in [5, 5.41) is 6.75. The standard InChI is InChI=1S/C18H16BrFN4O3S2/c1-28-18-16(29(26,27)12-5-3-2-4-6-12)17(21)24(23-18)10-15(25)22-14-8-7-11(19)9-13(14)20/h2-9H,10,21H2,1H3,(H,22,25). The fraction of sp³-hybridized carbons (Fsp3) is 0.111. The van der Waals surface area contributed by atoms with Gasteiger partial charge in [-0.15, -0.1) is 11.8 Å². The molecular formula is C18H16BrFN4O3S2. The van der Waals surface area contributed by atoms with Crippen LogP contribution < -0.4 is 11.1 Å². The van der Waals surface area contributed by atoms with Crippen LogP contribution in [0.25, 0.3) is 0 Å². The van der Waals surface area contributed by atoms with Gasteiger partial charge in [0.1, 0.15) is 28.1 Å². The van der Waals surface area contributed by atoms with Crippen LogP contribution in [0.1, 0.15) is 0 Å². The van der Waals surface area contributed by atoms with Gasteiger partial charge in [-0.25, -0.2) is 17.5 Å². The fourth-order valence-electron chi connectivity index (χ4n) is 2.58. The lowest BCUT2D eigenvalue weighted by molar-refractivity contribution is -0.116. The first-order valence-electron chi connectivity index (χ1n) is 8.19. The van der Waals surface area contributed by atoms with E-state index in [1.807, 2.05) is 0 Å². The molecule has 2 aromatic carbocycles. The summed E-state index contributed by atoms with van der Waals surface area (Å²) in [7, 11) is -3.92. The molecule has 0 aliphatic carbocycles. The Hall–Kier alpha value is -2.37. The highest BCUT2D eigenvalue weighted by molar-refractivity contribution is 9.10. The zero-order valence-electron chi connectivity index (χ0n) is 15.1. The van der Waals surface area contributed by atoms with Gasteiger partial charge in [0.2, 0.25) is 15.7 Å². The molecule has 0 aliphatic rings. The molecule has 0 spiro atoms. The number of carbonyl (C=O) groups excluding carboxylic acids is 1. The number of sulfone groups is 1. The number of aromatic nitrogens is 2.